The summed E-state index contributed by atoms with van der Waals surface area (Å²) in [5, 5.41) is 10.9. The molecule has 6 nitrogen and oxygen atoms in total. The minimum Gasteiger partial charge on any atom is -0.507 e. The quantitative estimate of drug-likeness (QED) is 0.555. The van der Waals surface area contributed by atoms with Crippen LogP contribution in [-0.2, 0) is 0 Å². The normalized spacial score (nSPS) is 12.6. The molecule has 0 amide bonds. The van der Waals surface area contributed by atoms with Crippen LogP contribution in [0.1, 0.15) is 23.7 Å². The molecule has 1 aromatic heterocycles. The third-order valence-corrected chi connectivity index (χ3v) is 3.82. The molecule has 3 rings (SSSR count). The van der Waals surface area contributed by atoms with Crippen molar-refractivity contribution < 1.29 is 5.11 Å². The summed E-state index contributed by atoms with van der Waals surface area (Å²) in [6.45, 7) is 5.70. The van der Waals surface area contributed by atoms with E-state index in [1.54, 1.807) is 25.1 Å². The molecule has 126 valence electrons. The van der Waals surface area contributed by atoms with Crippen LogP contribution >= 0.6 is 0 Å². The molecule has 0 radical (unpaired) electrons. The van der Waals surface area contributed by atoms with Gasteiger partial charge in [0.15, 0.2) is 0 Å². The highest BCUT2D eigenvalue weighted by atomic mass is 16.3. The van der Waals surface area contributed by atoms with Gasteiger partial charge in [-0.05, 0) is 45.0 Å². The van der Waals surface area contributed by atoms with Gasteiger partial charge in [0, 0.05) is 10.9 Å². The largest absolute Gasteiger partial charge is 0.507 e. The molecule has 3 N–H and O–H groups in total. The van der Waals surface area contributed by atoms with Crippen molar-refractivity contribution in [3.63, 3.8) is 0 Å². The molecule has 25 heavy (non-hydrogen) atoms. The second kappa shape index (κ2) is 6.68. The molecule has 3 aromatic rings. The Morgan fingerprint density at radius 3 is 2.60 bits per heavy atom. The number of fused-ring (bicyclic) bond motifs is 1. The summed E-state index contributed by atoms with van der Waals surface area (Å²) in [5.41, 5.74) is 9.88. The van der Waals surface area contributed by atoms with Crippen LogP contribution in [0.3, 0.4) is 0 Å². The van der Waals surface area contributed by atoms with E-state index in [-0.39, 0.29) is 17.7 Å². The number of hydrogen-bond acceptors (Lipinski definition) is 4. The van der Waals surface area contributed by atoms with Crippen molar-refractivity contribution >= 4 is 28.5 Å². The van der Waals surface area contributed by atoms with Crippen molar-refractivity contribution in [2.45, 2.75) is 20.8 Å². The fraction of sp³-hybridized carbons (Fsp3) is 0.158. The van der Waals surface area contributed by atoms with Gasteiger partial charge in [-0.1, -0.05) is 23.8 Å². The third kappa shape index (κ3) is 3.63. The Balaban J connectivity index is 1.97. The summed E-state index contributed by atoms with van der Waals surface area (Å²) >= 11 is 0. The van der Waals surface area contributed by atoms with Gasteiger partial charge in [-0.15, -0.1) is 0 Å². The minimum atomic E-state index is 0.0339. The van der Waals surface area contributed by atoms with E-state index in [9.17, 15) is 5.11 Å². The summed E-state index contributed by atoms with van der Waals surface area (Å²) in [6.07, 6.45) is 0. The number of aromatic hydroxyl groups is 1. The molecule has 0 aliphatic rings. The van der Waals surface area contributed by atoms with Crippen molar-refractivity contribution in [2.75, 3.05) is 0 Å². The van der Waals surface area contributed by atoms with Gasteiger partial charge in [-0.25, -0.2) is 15.0 Å². The molecule has 0 aliphatic heterocycles. The minimum absolute atomic E-state index is 0.0339. The van der Waals surface area contributed by atoms with Crippen molar-refractivity contribution in [1.82, 2.24) is 9.97 Å². The molecule has 0 unspecified atom stereocenters. The van der Waals surface area contributed by atoms with Crippen molar-refractivity contribution in [3.8, 4) is 5.75 Å². The first kappa shape index (κ1) is 16.6. The van der Waals surface area contributed by atoms with Gasteiger partial charge in [0.1, 0.15) is 5.75 Å². The maximum atomic E-state index is 9.87. The number of aliphatic imine (C=N–C) groups is 2. The number of aromatic nitrogens is 2. The zero-order chi connectivity index (χ0) is 18.0. The van der Waals surface area contributed by atoms with Crippen LogP contribution in [-0.4, -0.2) is 26.7 Å². The molecular weight excluding hydrogens is 314 g/mol. The molecule has 1 heterocycles. The Bertz CT molecular complexity index is 1010. The maximum absolute atomic E-state index is 9.87. The Morgan fingerprint density at radius 2 is 1.84 bits per heavy atom. The zero-order valence-corrected chi connectivity index (χ0v) is 14.4. The lowest BCUT2D eigenvalue weighted by Gasteiger charge is -2.05. The highest BCUT2D eigenvalue weighted by molar-refractivity contribution is 6.07. The lowest BCUT2D eigenvalue weighted by Crippen LogP contribution is -2.11. The smallest absolute Gasteiger partial charge is 0.253 e. The Labute approximate surface area is 145 Å². The molecular formula is C19H19N5O. The number of rotatable bonds is 2. The van der Waals surface area contributed by atoms with E-state index >= 15 is 0 Å². The predicted molar refractivity (Wildman–Crippen MR) is 101 cm³/mol. The topological polar surface area (TPSA) is 96.8 Å². The van der Waals surface area contributed by atoms with Crippen molar-refractivity contribution in [2.24, 2.45) is 15.7 Å². The highest BCUT2D eigenvalue weighted by Crippen LogP contribution is 2.20. The zero-order valence-electron chi connectivity index (χ0n) is 14.4. The molecule has 0 saturated carbocycles. The average molecular weight is 333 g/mol. The van der Waals surface area contributed by atoms with Crippen LogP contribution in [0.2, 0.25) is 0 Å². The first-order valence-corrected chi connectivity index (χ1v) is 7.87. The first-order chi connectivity index (χ1) is 11.9. The van der Waals surface area contributed by atoms with E-state index in [1.165, 1.54) is 0 Å². The van der Waals surface area contributed by atoms with E-state index in [0.717, 1.165) is 22.2 Å². The molecule has 0 aliphatic carbocycles. The van der Waals surface area contributed by atoms with Gasteiger partial charge in [0.25, 0.3) is 5.95 Å². The molecule has 0 bridgehead atoms. The molecule has 2 aromatic carbocycles. The van der Waals surface area contributed by atoms with E-state index in [1.807, 2.05) is 38.1 Å². The Morgan fingerprint density at radius 1 is 1.08 bits per heavy atom. The SMILES string of the molecule is CC(=NC(N)=Nc1nc(C)c2cc(C)ccc2n1)c1ccccc1O. The molecule has 0 spiro atoms. The summed E-state index contributed by atoms with van der Waals surface area (Å²) in [7, 11) is 0. The fourth-order valence-electron chi connectivity index (χ4n) is 2.57. The van der Waals surface area contributed by atoms with Crippen LogP contribution < -0.4 is 5.73 Å². The number of guanidine groups is 1. The Kier molecular flexibility index (Phi) is 4.43. The summed E-state index contributed by atoms with van der Waals surface area (Å²) < 4.78 is 0. The maximum Gasteiger partial charge on any atom is 0.253 e. The highest BCUT2D eigenvalue weighted by Gasteiger charge is 2.06. The number of para-hydroxylation sites is 1. The summed E-state index contributed by atoms with van der Waals surface area (Å²) in [6, 6.07) is 12.9. The monoisotopic (exact) mass is 333 g/mol. The number of hydrogen-bond donors (Lipinski definition) is 2. The first-order valence-electron chi connectivity index (χ1n) is 7.87. The number of aryl methyl sites for hydroxylation is 2. The number of nitrogens with zero attached hydrogens (tertiary/aromatic N) is 4. The number of benzene rings is 2. The van der Waals surface area contributed by atoms with E-state index in [4.69, 9.17) is 5.73 Å². The van der Waals surface area contributed by atoms with Gasteiger partial charge in [0.2, 0.25) is 5.96 Å². The van der Waals surface area contributed by atoms with Gasteiger partial charge in [0.05, 0.1) is 16.9 Å². The lowest BCUT2D eigenvalue weighted by molar-refractivity contribution is 0.474. The van der Waals surface area contributed by atoms with Crippen LogP contribution in [0, 0.1) is 13.8 Å². The van der Waals surface area contributed by atoms with E-state index in [2.05, 4.69) is 20.0 Å². The molecule has 0 saturated heterocycles. The summed E-state index contributed by atoms with van der Waals surface area (Å²) in [5.74, 6) is 0.441. The van der Waals surface area contributed by atoms with Gasteiger partial charge < -0.3 is 10.8 Å². The number of nitrogens with two attached hydrogens (primary N) is 1. The summed E-state index contributed by atoms with van der Waals surface area (Å²) in [4.78, 5) is 17.2. The predicted octanol–water partition coefficient (Wildman–Crippen LogP) is 3.41. The van der Waals surface area contributed by atoms with Crippen LogP contribution in [0.5, 0.6) is 5.75 Å². The second-order valence-electron chi connectivity index (χ2n) is 5.81. The second-order valence-corrected chi connectivity index (χ2v) is 5.81. The lowest BCUT2D eigenvalue weighted by atomic mass is 10.1. The Hall–Kier alpha value is -3.28. The van der Waals surface area contributed by atoms with Gasteiger partial charge in [-0.3, -0.25) is 0 Å². The van der Waals surface area contributed by atoms with Crippen molar-refractivity contribution in [3.05, 3.63) is 59.3 Å². The van der Waals surface area contributed by atoms with Crippen LogP contribution in [0.15, 0.2) is 52.4 Å². The number of phenolic OH excluding ortho intramolecular Hbond substituents is 1. The van der Waals surface area contributed by atoms with Gasteiger partial charge >= 0.3 is 0 Å². The van der Waals surface area contributed by atoms with Gasteiger partial charge in [-0.2, -0.15) is 4.99 Å². The third-order valence-electron chi connectivity index (χ3n) is 3.82. The van der Waals surface area contributed by atoms with E-state index < -0.39 is 0 Å². The van der Waals surface area contributed by atoms with Crippen LogP contribution in [0.25, 0.3) is 10.9 Å². The molecule has 6 heteroatoms. The van der Waals surface area contributed by atoms with Crippen molar-refractivity contribution in [1.29, 1.82) is 0 Å². The standard InChI is InChI=1S/C19H19N5O/c1-11-8-9-16-15(10-11)13(3)22-19(23-16)24-18(20)21-12(2)14-6-4-5-7-17(14)25/h4-10,25H,1-3H3,(H2,20,22,23,24). The fourth-order valence-corrected chi connectivity index (χ4v) is 2.57. The van der Waals surface area contributed by atoms with Crippen LogP contribution in [0.4, 0.5) is 5.95 Å². The average Bonchev–Trinajstić information content (AvgIpc) is 2.56. The molecule has 0 fully saturated rings. The van der Waals surface area contributed by atoms with E-state index in [0.29, 0.717) is 11.3 Å². The number of phenols is 1. The molecule has 0 atom stereocenters.